The fourth-order valence-electron chi connectivity index (χ4n) is 3.20. The third kappa shape index (κ3) is 3.46. The van der Waals surface area contributed by atoms with Gasteiger partial charge in [-0.3, -0.25) is 0 Å². The molecule has 0 spiro atoms. The van der Waals surface area contributed by atoms with Crippen molar-refractivity contribution in [1.82, 2.24) is 0 Å². The summed E-state index contributed by atoms with van der Waals surface area (Å²) in [6.45, 7) is 0. The first kappa shape index (κ1) is 14.6. The first-order valence-corrected chi connectivity index (χ1v) is 8.30. The number of anilines is 1. The van der Waals surface area contributed by atoms with Gasteiger partial charge >= 0.3 is 0 Å². The molecule has 1 N–H and O–H groups in total. The number of halogens is 2. The smallest absolute Gasteiger partial charge is 0.139 e. The van der Waals surface area contributed by atoms with Crippen molar-refractivity contribution in [1.29, 1.82) is 0 Å². The number of benzene rings is 2. The Bertz CT molecular complexity index is 599. The molecule has 1 saturated carbocycles. The molecule has 0 radical (unpaired) electrons. The van der Waals surface area contributed by atoms with E-state index in [-0.39, 0.29) is 5.82 Å². The lowest BCUT2D eigenvalue weighted by molar-refractivity contribution is 0.405. The van der Waals surface area contributed by atoms with Gasteiger partial charge in [0.25, 0.3) is 0 Å². The molecule has 3 rings (SSSR count). The van der Waals surface area contributed by atoms with E-state index in [1.54, 1.807) is 12.1 Å². The molecule has 21 heavy (non-hydrogen) atoms. The number of rotatable bonds is 3. The van der Waals surface area contributed by atoms with Crippen LogP contribution in [0.2, 0.25) is 0 Å². The van der Waals surface area contributed by atoms with Crippen LogP contribution in [-0.2, 0) is 0 Å². The molecule has 2 aromatic rings. The maximum Gasteiger partial charge on any atom is 0.139 e. The van der Waals surface area contributed by atoms with E-state index in [0.29, 0.717) is 16.4 Å². The monoisotopic (exact) mass is 347 g/mol. The summed E-state index contributed by atoms with van der Waals surface area (Å²) in [5.74, 6) is 0.290. The van der Waals surface area contributed by atoms with E-state index in [0.717, 1.165) is 12.1 Å². The van der Waals surface area contributed by atoms with Crippen molar-refractivity contribution in [2.24, 2.45) is 0 Å². The molecule has 2 atom stereocenters. The van der Waals surface area contributed by atoms with Gasteiger partial charge in [0.2, 0.25) is 0 Å². The normalized spacial score (nSPS) is 22.0. The van der Waals surface area contributed by atoms with Crippen LogP contribution in [0.25, 0.3) is 0 Å². The molecule has 2 aromatic carbocycles. The van der Waals surface area contributed by atoms with Crippen LogP contribution in [-0.4, -0.2) is 6.04 Å². The molecule has 2 unspecified atom stereocenters. The zero-order valence-corrected chi connectivity index (χ0v) is 13.4. The summed E-state index contributed by atoms with van der Waals surface area (Å²) in [5.41, 5.74) is 2.25. The minimum Gasteiger partial charge on any atom is -0.382 e. The quantitative estimate of drug-likeness (QED) is 0.747. The summed E-state index contributed by atoms with van der Waals surface area (Å²) in [7, 11) is 0. The fraction of sp³-hybridized carbons (Fsp3) is 0.333. The third-order valence-electron chi connectivity index (χ3n) is 4.27. The molecule has 1 aliphatic rings. The minimum absolute atomic E-state index is 0.216. The van der Waals surface area contributed by atoms with Crippen LogP contribution in [0.15, 0.2) is 53.0 Å². The largest absolute Gasteiger partial charge is 0.382 e. The van der Waals surface area contributed by atoms with E-state index in [2.05, 4.69) is 51.6 Å². The van der Waals surface area contributed by atoms with Crippen molar-refractivity contribution < 1.29 is 4.39 Å². The van der Waals surface area contributed by atoms with Gasteiger partial charge in [0.15, 0.2) is 0 Å². The second-order valence-electron chi connectivity index (χ2n) is 5.68. The van der Waals surface area contributed by atoms with Crippen LogP contribution < -0.4 is 5.32 Å². The molecule has 0 heterocycles. The van der Waals surface area contributed by atoms with Crippen LogP contribution >= 0.6 is 15.9 Å². The summed E-state index contributed by atoms with van der Waals surface area (Å²) in [4.78, 5) is 0. The van der Waals surface area contributed by atoms with Crippen molar-refractivity contribution in [2.75, 3.05) is 5.32 Å². The van der Waals surface area contributed by atoms with Crippen LogP contribution in [0.4, 0.5) is 10.1 Å². The molecule has 0 aliphatic heterocycles. The summed E-state index contributed by atoms with van der Waals surface area (Å²) in [6, 6.07) is 16.3. The predicted octanol–water partition coefficient (Wildman–Crippen LogP) is 5.73. The molecular formula is C18H19BrFN. The lowest BCUT2D eigenvalue weighted by Gasteiger charge is -2.33. The molecule has 3 heteroatoms. The highest BCUT2D eigenvalue weighted by Gasteiger charge is 2.26. The summed E-state index contributed by atoms with van der Waals surface area (Å²) < 4.78 is 14.2. The highest BCUT2D eigenvalue weighted by molar-refractivity contribution is 9.10. The van der Waals surface area contributed by atoms with Gasteiger partial charge in [-0.1, -0.05) is 43.2 Å². The van der Waals surface area contributed by atoms with Gasteiger partial charge in [0, 0.05) is 17.6 Å². The zero-order valence-electron chi connectivity index (χ0n) is 11.9. The van der Waals surface area contributed by atoms with Gasteiger partial charge in [0.1, 0.15) is 5.82 Å². The average Bonchev–Trinajstić information content (AvgIpc) is 2.52. The Morgan fingerprint density at radius 3 is 2.52 bits per heavy atom. The molecular weight excluding hydrogens is 329 g/mol. The van der Waals surface area contributed by atoms with Crippen LogP contribution in [0.3, 0.4) is 0 Å². The Morgan fingerprint density at radius 2 is 1.76 bits per heavy atom. The first-order valence-electron chi connectivity index (χ1n) is 7.50. The van der Waals surface area contributed by atoms with Crippen molar-refractivity contribution in [3.63, 3.8) is 0 Å². The van der Waals surface area contributed by atoms with Gasteiger partial charge in [0.05, 0.1) is 4.47 Å². The van der Waals surface area contributed by atoms with E-state index in [1.165, 1.54) is 24.8 Å². The molecule has 0 amide bonds. The number of nitrogens with one attached hydrogen (secondary N) is 1. The average molecular weight is 348 g/mol. The van der Waals surface area contributed by atoms with E-state index >= 15 is 0 Å². The molecule has 0 saturated heterocycles. The van der Waals surface area contributed by atoms with Gasteiger partial charge < -0.3 is 5.32 Å². The lowest BCUT2D eigenvalue weighted by atomic mass is 9.80. The minimum atomic E-state index is -0.216. The first-order chi connectivity index (χ1) is 10.2. The highest BCUT2D eigenvalue weighted by atomic mass is 79.9. The van der Waals surface area contributed by atoms with Gasteiger partial charge in [-0.2, -0.15) is 0 Å². The Balaban J connectivity index is 1.79. The Hall–Kier alpha value is -1.35. The van der Waals surface area contributed by atoms with E-state index in [9.17, 15) is 4.39 Å². The lowest BCUT2D eigenvalue weighted by Crippen LogP contribution is -2.30. The summed E-state index contributed by atoms with van der Waals surface area (Å²) >= 11 is 3.20. The van der Waals surface area contributed by atoms with Gasteiger partial charge in [-0.25, -0.2) is 4.39 Å². The number of hydrogen-bond acceptors (Lipinski definition) is 1. The molecule has 0 aromatic heterocycles. The zero-order chi connectivity index (χ0) is 14.7. The molecule has 1 aliphatic carbocycles. The highest BCUT2D eigenvalue weighted by Crippen LogP contribution is 2.35. The second-order valence-corrected chi connectivity index (χ2v) is 6.54. The van der Waals surface area contributed by atoms with Gasteiger partial charge in [-0.15, -0.1) is 0 Å². The fourth-order valence-corrected chi connectivity index (χ4v) is 3.45. The Labute approximate surface area is 133 Å². The van der Waals surface area contributed by atoms with Crippen molar-refractivity contribution >= 4 is 21.6 Å². The predicted molar refractivity (Wildman–Crippen MR) is 89.2 cm³/mol. The summed E-state index contributed by atoms with van der Waals surface area (Å²) in [6.07, 6.45) is 4.84. The third-order valence-corrected chi connectivity index (χ3v) is 4.91. The van der Waals surface area contributed by atoms with Crippen LogP contribution in [0.5, 0.6) is 0 Å². The van der Waals surface area contributed by atoms with E-state index in [4.69, 9.17) is 0 Å². The van der Waals surface area contributed by atoms with E-state index < -0.39 is 0 Å². The Morgan fingerprint density at radius 1 is 1.00 bits per heavy atom. The molecule has 110 valence electrons. The van der Waals surface area contributed by atoms with Crippen LogP contribution in [0.1, 0.15) is 37.2 Å². The molecule has 1 nitrogen and oxygen atoms in total. The number of hydrogen-bond donors (Lipinski definition) is 1. The second kappa shape index (κ2) is 6.61. The molecule has 1 fully saturated rings. The molecule has 0 bridgehead atoms. The maximum atomic E-state index is 13.7. The van der Waals surface area contributed by atoms with Crippen molar-refractivity contribution in [3.8, 4) is 0 Å². The van der Waals surface area contributed by atoms with Crippen molar-refractivity contribution in [2.45, 2.75) is 37.6 Å². The van der Waals surface area contributed by atoms with E-state index in [1.807, 2.05) is 6.07 Å². The van der Waals surface area contributed by atoms with Crippen molar-refractivity contribution in [3.05, 3.63) is 64.4 Å². The standard InChI is InChI=1S/C18H19BrFN/c19-16-11-10-14(12-17(16)20)21-18-9-5-4-8-15(18)13-6-2-1-3-7-13/h1-3,6-7,10-12,15,18,21H,4-5,8-9H2. The summed E-state index contributed by atoms with van der Waals surface area (Å²) in [5, 5.41) is 3.54. The topological polar surface area (TPSA) is 12.0 Å². The van der Waals surface area contributed by atoms with Crippen LogP contribution in [0, 0.1) is 5.82 Å². The maximum absolute atomic E-state index is 13.7. The van der Waals surface area contributed by atoms with Gasteiger partial charge in [-0.05, 0) is 52.5 Å². The SMILES string of the molecule is Fc1cc(NC2CCCCC2c2ccccc2)ccc1Br. The Kier molecular flexibility index (Phi) is 4.59.